The Hall–Kier alpha value is -0.420. The molecule has 0 unspecified atom stereocenters. The normalized spacial score (nSPS) is 30.1. The zero-order valence-corrected chi connectivity index (χ0v) is 9.45. The maximum absolute atomic E-state index is 12.3. The molecule has 15 heavy (non-hydrogen) atoms. The molecule has 0 heterocycles. The van der Waals surface area contributed by atoms with Gasteiger partial charge in [0.05, 0.1) is 5.41 Å². The highest BCUT2D eigenvalue weighted by Gasteiger charge is 2.45. The van der Waals surface area contributed by atoms with Crippen molar-refractivity contribution in [2.45, 2.75) is 38.2 Å². The summed E-state index contributed by atoms with van der Waals surface area (Å²) in [5.74, 6) is -0.300. The molecule has 0 aromatic rings. The molecule has 1 saturated carbocycles. The lowest BCUT2D eigenvalue weighted by molar-refractivity contribution is -0.132. The van der Waals surface area contributed by atoms with E-state index >= 15 is 0 Å². The first kappa shape index (κ1) is 14.6. The number of nitrogens with one attached hydrogen (secondary N) is 1. The lowest BCUT2D eigenvalue weighted by Crippen LogP contribution is -2.39. The van der Waals surface area contributed by atoms with E-state index in [0.717, 1.165) is 0 Å². The van der Waals surface area contributed by atoms with E-state index in [2.05, 4.69) is 5.32 Å². The quantitative estimate of drug-likeness (QED) is 0.784. The minimum Gasteiger partial charge on any atom is -0.359 e. The van der Waals surface area contributed by atoms with Crippen molar-refractivity contribution in [3.05, 3.63) is 0 Å². The molecule has 1 amide bonds. The molecule has 0 spiro atoms. The van der Waals surface area contributed by atoms with Crippen LogP contribution in [0.1, 0.15) is 25.7 Å². The SMILES string of the molecule is CNC(=O)[C@]1(CC(F)F)CC[C@@H](N)C1.Cl. The average molecular weight is 243 g/mol. The van der Waals surface area contributed by atoms with Crippen LogP contribution in [0.15, 0.2) is 0 Å². The van der Waals surface area contributed by atoms with Gasteiger partial charge in [0, 0.05) is 19.5 Å². The topological polar surface area (TPSA) is 55.1 Å². The Balaban J connectivity index is 0.00000196. The van der Waals surface area contributed by atoms with E-state index in [4.69, 9.17) is 5.73 Å². The zero-order valence-electron chi connectivity index (χ0n) is 8.63. The van der Waals surface area contributed by atoms with Gasteiger partial charge in [0.15, 0.2) is 0 Å². The fourth-order valence-electron chi connectivity index (χ4n) is 2.21. The number of carbonyl (C=O) groups is 1. The van der Waals surface area contributed by atoms with E-state index < -0.39 is 11.8 Å². The Morgan fingerprint density at radius 1 is 1.67 bits per heavy atom. The maximum atomic E-state index is 12.3. The van der Waals surface area contributed by atoms with Crippen LogP contribution in [0.25, 0.3) is 0 Å². The molecule has 1 fully saturated rings. The number of carbonyl (C=O) groups excluding carboxylic acids is 1. The molecule has 0 aromatic heterocycles. The summed E-state index contributed by atoms with van der Waals surface area (Å²) in [6.45, 7) is 0. The minimum absolute atomic E-state index is 0. The van der Waals surface area contributed by atoms with Gasteiger partial charge in [-0.1, -0.05) is 0 Å². The van der Waals surface area contributed by atoms with Crippen molar-refractivity contribution in [2.24, 2.45) is 11.1 Å². The first-order chi connectivity index (χ1) is 6.50. The summed E-state index contributed by atoms with van der Waals surface area (Å²) in [4.78, 5) is 11.5. The highest BCUT2D eigenvalue weighted by Crippen LogP contribution is 2.42. The second kappa shape index (κ2) is 5.61. The highest BCUT2D eigenvalue weighted by atomic mass is 35.5. The van der Waals surface area contributed by atoms with Crippen LogP contribution in [0.2, 0.25) is 0 Å². The van der Waals surface area contributed by atoms with Crippen LogP contribution in [0, 0.1) is 5.41 Å². The van der Waals surface area contributed by atoms with Crippen molar-refractivity contribution in [1.82, 2.24) is 5.32 Å². The summed E-state index contributed by atoms with van der Waals surface area (Å²) in [5.41, 5.74) is 4.73. The molecule has 90 valence electrons. The third-order valence-corrected chi connectivity index (χ3v) is 2.90. The Morgan fingerprint density at radius 2 is 2.27 bits per heavy atom. The summed E-state index contributed by atoms with van der Waals surface area (Å²) in [6.07, 6.45) is -1.33. The first-order valence-corrected chi connectivity index (χ1v) is 4.76. The molecule has 3 N–H and O–H groups in total. The van der Waals surface area contributed by atoms with Crippen molar-refractivity contribution < 1.29 is 13.6 Å². The average Bonchev–Trinajstić information content (AvgIpc) is 2.46. The molecule has 1 aliphatic carbocycles. The van der Waals surface area contributed by atoms with E-state index in [9.17, 15) is 13.6 Å². The molecular formula is C9H17ClF2N2O. The number of alkyl halides is 2. The molecule has 0 radical (unpaired) electrons. The lowest BCUT2D eigenvalue weighted by atomic mass is 9.81. The third-order valence-electron chi connectivity index (χ3n) is 2.90. The van der Waals surface area contributed by atoms with Gasteiger partial charge in [-0.15, -0.1) is 12.4 Å². The van der Waals surface area contributed by atoms with Crippen molar-refractivity contribution in [1.29, 1.82) is 0 Å². The van der Waals surface area contributed by atoms with Crippen LogP contribution >= 0.6 is 12.4 Å². The van der Waals surface area contributed by atoms with E-state index in [1.54, 1.807) is 0 Å². The van der Waals surface area contributed by atoms with Crippen LogP contribution in [-0.2, 0) is 4.79 Å². The number of hydrogen-bond acceptors (Lipinski definition) is 2. The van der Waals surface area contributed by atoms with Crippen molar-refractivity contribution in [2.75, 3.05) is 7.05 Å². The van der Waals surface area contributed by atoms with Gasteiger partial charge in [0.25, 0.3) is 0 Å². The van der Waals surface area contributed by atoms with Gasteiger partial charge >= 0.3 is 0 Å². The first-order valence-electron chi connectivity index (χ1n) is 4.76. The van der Waals surface area contributed by atoms with Crippen LogP contribution in [-0.4, -0.2) is 25.4 Å². The summed E-state index contributed by atoms with van der Waals surface area (Å²) >= 11 is 0. The van der Waals surface area contributed by atoms with Crippen LogP contribution < -0.4 is 11.1 Å². The molecule has 3 nitrogen and oxygen atoms in total. The summed E-state index contributed by atoms with van der Waals surface area (Å²) in [7, 11) is 1.47. The Kier molecular flexibility index (Phi) is 5.45. The highest BCUT2D eigenvalue weighted by molar-refractivity contribution is 5.85. The van der Waals surface area contributed by atoms with Gasteiger partial charge in [0.1, 0.15) is 0 Å². The minimum atomic E-state index is -2.45. The van der Waals surface area contributed by atoms with E-state index in [1.165, 1.54) is 7.05 Å². The molecule has 1 aliphatic rings. The standard InChI is InChI=1S/C9H16F2N2O.ClH/c1-13-8(14)9(5-7(10)11)3-2-6(12)4-9;/h6-7H,2-5,12H2,1H3,(H,13,14);1H/t6-,9-;/m1./s1. The Morgan fingerprint density at radius 3 is 2.60 bits per heavy atom. The summed E-state index contributed by atoms with van der Waals surface area (Å²) < 4.78 is 24.7. The van der Waals surface area contributed by atoms with Gasteiger partial charge in [-0.3, -0.25) is 4.79 Å². The van der Waals surface area contributed by atoms with Gasteiger partial charge in [0.2, 0.25) is 12.3 Å². The maximum Gasteiger partial charge on any atom is 0.239 e. The number of amides is 1. The summed E-state index contributed by atoms with van der Waals surface area (Å²) in [6, 6.07) is -0.119. The van der Waals surface area contributed by atoms with Gasteiger partial charge in [-0.2, -0.15) is 0 Å². The molecule has 0 aliphatic heterocycles. The molecule has 2 atom stereocenters. The number of halogens is 3. The van der Waals surface area contributed by atoms with Crippen molar-refractivity contribution >= 4 is 18.3 Å². The summed E-state index contributed by atoms with van der Waals surface area (Å²) in [5, 5.41) is 2.45. The van der Waals surface area contributed by atoms with E-state index in [0.29, 0.717) is 19.3 Å². The van der Waals surface area contributed by atoms with Gasteiger partial charge < -0.3 is 11.1 Å². The van der Waals surface area contributed by atoms with Crippen molar-refractivity contribution in [3.63, 3.8) is 0 Å². The predicted molar refractivity (Wildman–Crippen MR) is 56.2 cm³/mol. The fraction of sp³-hybridized carbons (Fsp3) is 0.889. The molecule has 0 bridgehead atoms. The smallest absolute Gasteiger partial charge is 0.239 e. The number of nitrogens with two attached hydrogens (primary N) is 1. The predicted octanol–water partition coefficient (Wildman–Crippen LogP) is 1.31. The second-order valence-corrected chi connectivity index (χ2v) is 3.96. The largest absolute Gasteiger partial charge is 0.359 e. The molecule has 6 heteroatoms. The monoisotopic (exact) mass is 242 g/mol. The number of rotatable bonds is 3. The van der Waals surface area contributed by atoms with E-state index in [1.807, 2.05) is 0 Å². The Labute approximate surface area is 94.2 Å². The van der Waals surface area contributed by atoms with Gasteiger partial charge in [-0.25, -0.2) is 8.78 Å². The molecule has 0 aromatic carbocycles. The van der Waals surface area contributed by atoms with Gasteiger partial charge in [-0.05, 0) is 19.3 Å². The molecular weight excluding hydrogens is 226 g/mol. The fourth-order valence-corrected chi connectivity index (χ4v) is 2.21. The second-order valence-electron chi connectivity index (χ2n) is 3.96. The Bertz CT molecular complexity index is 228. The molecule has 1 rings (SSSR count). The lowest BCUT2D eigenvalue weighted by Gasteiger charge is -2.26. The van der Waals surface area contributed by atoms with Crippen LogP contribution in [0.5, 0.6) is 0 Å². The van der Waals surface area contributed by atoms with E-state index in [-0.39, 0.29) is 30.8 Å². The van der Waals surface area contributed by atoms with Crippen LogP contribution in [0.4, 0.5) is 8.78 Å². The zero-order chi connectivity index (χ0) is 10.8. The number of hydrogen-bond donors (Lipinski definition) is 2. The third kappa shape index (κ3) is 3.28. The van der Waals surface area contributed by atoms with Crippen molar-refractivity contribution in [3.8, 4) is 0 Å². The molecule has 0 saturated heterocycles. The van der Waals surface area contributed by atoms with Crippen LogP contribution in [0.3, 0.4) is 0 Å².